The Morgan fingerprint density at radius 3 is 2.54 bits per heavy atom. The average molecular weight is 180 g/mol. The molecule has 1 saturated carbocycles. The van der Waals surface area contributed by atoms with Gasteiger partial charge in [0.2, 0.25) is 0 Å². The van der Waals surface area contributed by atoms with Gasteiger partial charge in [-0.3, -0.25) is 0 Å². The van der Waals surface area contributed by atoms with Crippen LogP contribution < -0.4 is 5.32 Å². The molecule has 2 unspecified atom stereocenters. The van der Waals surface area contributed by atoms with E-state index in [0.29, 0.717) is 23.9 Å². The van der Waals surface area contributed by atoms with Crippen molar-refractivity contribution in [2.24, 2.45) is 5.41 Å². The normalized spacial score (nSPS) is 23.2. The third kappa shape index (κ3) is 2.70. The first-order chi connectivity index (χ1) is 6.12. The predicted octanol–water partition coefficient (Wildman–Crippen LogP) is 2.46. The molecule has 0 aromatic heterocycles. The Labute approximate surface area is 81.3 Å². The lowest BCUT2D eigenvalue weighted by Gasteiger charge is -2.25. The molecular formula is C11H20N2. The summed E-state index contributed by atoms with van der Waals surface area (Å²) < 4.78 is 0. The van der Waals surface area contributed by atoms with Gasteiger partial charge in [0.1, 0.15) is 0 Å². The molecule has 1 fully saturated rings. The Morgan fingerprint density at radius 1 is 1.54 bits per heavy atom. The largest absolute Gasteiger partial charge is 0.310 e. The van der Waals surface area contributed by atoms with E-state index < -0.39 is 0 Å². The molecule has 1 rings (SSSR count). The van der Waals surface area contributed by atoms with Crippen LogP contribution in [0, 0.1) is 16.7 Å². The van der Waals surface area contributed by atoms with Gasteiger partial charge < -0.3 is 5.32 Å². The van der Waals surface area contributed by atoms with Crippen LogP contribution in [0.2, 0.25) is 0 Å². The summed E-state index contributed by atoms with van der Waals surface area (Å²) >= 11 is 0. The molecule has 1 aliphatic rings. The Balaban J connectivity index is 2.33. The maximum Gasteiger partial charge on any atom is 0.0638 e. The zero-order chi connectivity index (χ0) is 9.90. The van der Waals surface area contributed by atoms with Crippen molar-refractivity contribution in [1.82, 2.24) is 5.32 Å². The summed E-state index contributed by atoms with van der Waals surface area (Å²) in [5.74, 6) is 0. The lowest BCUT2D eigenvalue weighted by Crippen LogP contribution is -2.40. The average Bonchev–Trinajstić information content (AvgIpc) is 2.84. The highest BCUT2D eigenvalue weighted by atomic mass is 15.0. The molecule has 0 amide bonds. The minimum atomic E-state index is 0.387. The number of nitrogens with one attached hydrogen (secondary N) is 1. The van der Waals surface area contributed by atoms with Gasteiger partial charge in [-0.15, -0.1) is 0 Å². The molecule has 13 heavy (non-hydrogen) atoms. The van der Waals surface area contributed by atoms with Crippen LogP contribution in [-0.4, -0.2) is 12.1 Å². The van der Waals surface area contributed by atoms with Crippen LogP contribution in [0.5, 0.6) is 0 Å². The summed E-state index contributed by atoms with van der Waals surface area (Å²) in [5.41, 5.74) is 0.517. The highest BCUT2D eigenvalue weighted by Gasteiger charge is 2.42. The molecule has 0 aromatic rings. The molecule has 2 atom stereocenters. The second-order valence-corrected chi connectivity index (χ2v) is 4.51. The number of nitriles is 1. The molecule has 0 bridgehead atoms. The van der Waals surface area contributed by atoms with Crippen LogP contribution in [0.4, 0.5) is 0 Å². The van der Waals surface area contributed by atoms with E-state index in [1.54, 1.807) is 0 Å². The monoisotopic (exact) mass is 180 g/mol. The van der Waals surface area contributed by atoms with E-state index in [4.69, 9.17) is 5.26 Å². The van der Waals surface area contributed by atoms with Gasteiger partial charge in [-0.1, -0.05) is 13.8 Å². The number of hydrogen-bond donors (Lipinski definition) is 1. The van der Waals surface area contributed by atoms with Gasteiger partial charge >= 0.3 is 0 Å². The molecule has 0 aliphatic heterocycles. The van der Waals surface area contributed by atoms with Gasteiger partial charge in [-0.05, 0) is 31.6 Å². The van der Waals surface area contributed by atoms with Crippen molar-refractivity contribution in [3.8, 4) is 6.07 Å². The molecule has 0 aromatic carbocycles. The second-order valence-electron chi connectivity index (χ2n) is 4.51. The zero-order valence-corrected chi connectivity index (χ0v) is 8.93. The SMILES string of the molecule is CCC(CC#N)NC(C)C1(C)CC1. The van der Waals surface area contributed by atoms with Crippen LogP contribution in [0.25, 0.3) is 0 Å². The fourth-order valence-electron chi connectivity index (χ4n) is 1.62. The molecule has 1 N–H and O–H groups in total. The van der Waals surface area contributed by atoms with Gasteiger partial charge in [0.05, 0.1) is 12.5 Å². The molecule has 2 nitrogen and oxygen atoms in total. The van der Waals surface area contributed by atoms with Gasteiger partial charge in [0, 0.05) is 12.1 Å². The lowest BCUT2D eigenvalue weighted by molar-refractivity contribution is 0.334. The van der Waals surface area contributed by atoms with Crippen LogP contribution in [0.1, 0.15) is 46.5 Å². The van der Waals surface area contributed by atoms with E-state index in [1.165, 1.54) is 12.8 Å². The Kier molecular flexibility index (Phi) is 3.33. The number of hydrogen-bond acceptors (Lipinski definition) is 2. The topological polar surface area (TPSA) is 35.8 Å². The van der Waals surface area contributed by atoms with E-state index in [-0.39, 0.29) is 0 Å². The third-order valence-electron chi connectivity index (χ3n) is 3.40. The van der Waals surface area contributed by atoms with Gasteiger partial charge in [0.25, 0.3) is 0 Å². The summed E-state index contributed by atoms with van der Waals surface area (Å²) in [4.78, 5) is 0. The predicted molar refractivity (Wildman–Crippen MR) is 54.2 cm³/mol. The van der Waals surface area contributed by atoms with E-state index in [1.807, 2.05) is 0 Å². The van der Waals surface area contributed by atoms with E-state index in [2.05, 4.69) is 32.2 Å². The van der Waals surface area contributed by atoms with E-state index >= 15 is 0 Å². The highest BCUT2D eigenvalue weighted by molar-refractivity contribution is 4.98. The van der Waals surface area contributed by atoms with E-state index in [9.17, 15) is 0 Å². The highest BCUT2D eigenvalue weighted by Crippen LogP contribution is 2.48. The van der Waals surface area contributed by atoms with E-state index in [0.717, 1.165) is 6.42 Å². The first-order valence-corrected chi connectivity index (χ1v) is 5.25. The molecule has 74 valence electrons. The van der Waals surface area contributed by atoms with Crippen LogP contribution >= 0.6 is 0 Å². The first kappa shape index (κ1) is 10.5. The van der Waals surface area contributed by atoms with Crippen LogP contribution in [-0.2, 0) is 0 Å². The quantitative estimate of drug-likeness (QED) is 0.705. The molecular weight excluding hydrogens is 160 g/mol. The lowest BCUT2D eigenvalue weighted by atomic mass is 9.99. The van der Waals surface area contributed by atoms with Crippen molar-refractivity contribution in [3.63, 3.8) is 0 Å². The fourth-order valence-corrected chi connectivity index (χ4v) is 1.62. The standard InChI is InChI=1S/C11H20N2/c1-4-10(5-8-12)13-9(2)11(3)6-7-11/h9-10,13H,4-7H2,1-3H3. The van der Waals surface area contributed by atoms with Crippen LogP contribution in [0.15, 0.2) is 0 Å². The van der Waals surface area contributed by atoms with Gasteiger partial charge in [-0.2, -0.15) is 5.26 Å². The van der Waals surface area contributed by atoms with Crippen LogP contribution in [0.3, 0.4) is 0 Å². The number of rotatable bonds is 5. The molecule has 1 aliphatic carbocycles. The van der Waals surface area contributed by atoms with Crippen molar-refractivity contribution in [3.05, 3.63) is 0 Å². The number of nitrogens with zero attached hydrogens (tertiary/aromatic N) is 1. The summed E-state index contributed by atoms with van der Waals surface area (Å²) in [6.45, 7) is 6.70. The minimum Gasteiger partial charge on any atom is -0.310 e. The van der Waals surface area contributed by atoms with Gasteiger partial charge in [-0.25, -0.2) is 0 Å². The first-order valence-electron chi connectivity index (χ1n) is 5.25. The molecule has 2 heteroatoms. The Hall–Kier alpha value is -0.550. The smallest absolute Gasteiger partial charge is 0.0638 e. The summed E-state index contributed by atoms with van der Waals surface area (Å²) in [6, 6.07) is 3.18. The molecule has 0 saturated heterocycles. The van der Waals surface area contributed by atoms with Crippen molar-refractivity contribution in [1.29, 1.82) is 5.26 Å². The summed E-state index contributed by atoms with van der Waals surface area (Å²) in [5, 5.41) is 12.2. The summed E-state index contributed by atoms with van der Waals surface area (Å²) in [6.07, 6.45) is 4.36. The molecule has 0 heterocycles. The maximum atomic E-state index is 8.61. The second kappa shape index (κ2) is 4.11. The zero-order valence-electron chi connectivity index (χ0n) is 8.93. The van der Waals surface area contributed by atoms with Crippen molar-refractivity contribution in [2.45, 2.75) is 58.5 Å². The Morgan fingerprint density at radius 2 is 2.15 bits per heavy atom. The minimum absolute atomic E-state index is 0.387. The summed E-state index contributed by atoms with van der Waals surface area (Å²) in [7, 11) is 0. The molecule has 0 spiro atoms. The van der Waals surface area contributed by atoms with Crippen molar-refractivity contribution < 1.29 is 0 Å². The third-order valence-corrected chi connectivity index (χ3v) is 3.40. The van der Waals surface area contributed by atoms with Gasteiger partial charge in [0.15, 0.2) is 0 Å². The van der Waals surface area contributed by atoms with Crippen molar-refractivity contribution >= 4 is 0 Å². The Bertz CT molecular complexity index is 201. The fraction of sp³-hybridized carbons (Fsp3) is 0.909. The van der Waals surface area contributed by atoms with Crippen molar-refractivity contribution in [2.75, 3.05) is 0 Å². The maximum absolute atomic E-state index is 8.61. The molecule has 0 radical (unpaired) electrons.